The van der Waals surface area contributed by atoms with Gasteiger partial charge in [-0.3, -0.25) is 0 Å². The maximum absolute atomic E-state index is 5.21. The molecule has 3 aromatic heterocycles. The van der Waals surface area contributed by atoms with Crippen molar-refractivity contribution in [3.63, 3.8) is 0 Å². The zero-order chi connectivity index (χ0) is 14.1. The van der Waals surface area contributed by atoms with Crippen molar-refractivity contribution in [1.29, 1.82) is 0 Å². The molecule has 4 rings (SSSR count). The number of furan rings is 1. The van der Waals surface area contributed by atoms with Gasteiger partial charge in [-0.25, -0.2) is 9.97 Å². The Hall–Kier alpha value is -2.70. The molecule has 7 heteroatoms. The minimum atomic E-state index is 0.373. The minimum absolute atomic E-state index is 0.373. The van der Waals surface area contributed by atoms with Crippen LogP contribution < -0.4 is 5.32 Å². The van der Waals surface area contributed by atoms with Crippen LogP contribution in [0.15, 0.2) is 39.6 Å². The molecular weight excluding hydrogens is 270 g/mol. The van der Waals surface area contributed by atoms with Gasteiger partial charge in [0.25, 0.3) is 5.89 Å². The summed E-state index contributed by atoms with van der Waals surface area (Å²) in [7, 11) is 0. The van der Waals surface area contributed by atoms with Gasteiger partial charge in [-0.2, -0.15) is 4.98 Å². The van der Waals surface area contributed by atoms with Crippen molar-refractivity contribution in [3.8, 4) is 11.7 Å². The summed E-state index contributed by atoms with van der Waals surface area (Å²) in [5.41, 5.74) is 0. The van der Waals surface area contributed by atoms with Crippen LogP contribution in [-0.2, 0) is 6.54 Å². The van der Waals surface area contributed by atoms with Crippen LogP contribution >= 0.6 is 0 Å². The SMILES string of the molecule is c1coc(-c2nc(CNc3ccnc(C4CC4)n3)no2)c1. The van der Waals surface area contributed by atoms with Gasteiger partial charge in [-0.05, 0) is 31.0 Å². The lowest BCUT2D eigenvalue weighted by atomic mass is 10.4. The fourth-order valence-corrected chi connectivity index (χ4v) is 2.01. The zero-order valence-electron chi connectivity index (χ0n) is 11.2. The van der Waals surface area contributed by atoms with Crippen molar-refractivity contribution in [2.24, 2.45) is 0 Å². The lowest BCUT2D eigenvalue weighted by molar-refractivity contribution is 0.410. The molecule has 0 saturated heterocycles. The van der Waals surface area contributed by atoms with Crippen LogP contribution in [0.2, 0.25) is 0 Å². The number of anilines is 1. The van der Waals surface area contributed by atoms with Crippen LogP contribution in [-0.4, -0.2) is 20.1 Å². The minimum Gasteiger partial charge on any atom is -0.459 e. The Kier molecular flexibility index (Phi) is 2.88. The summed E-state index contributed by atoms with van der Waals surface area (Å²) >= 11 is 0. The first kappa shape index (κ1) is 12.1. The standard InChI is InChI=1S/C14H13N5O2/c1-2-10(20-7-1)14-18-12(19-21-14)8-16-11-5-6-15-13(17-11)9-3-4-9/h1-2,5-7,9H,3-4,8H2,(H,15,16,17). The van der Waals surface area contributed by atoms with E-state index < -0.39 is 0 Å². The van der Waals surface area contributed by atoms with Crippen molar-refractivity contribution in [1.82, 2.24) is 20.1 Å². The average molecular weight is 283 g/mol. The number of nitrogens with one attached hydrogen (secondary N) is 1. The summed E-state index contributed by atoms with van der Waals surface area (Å²) < 4.78 is 10.3. The van der Waals surface area contributed by atoms with Gasteiger partial charge in [-0.1, -0.05) is 5.16 Å². The van der Waals surface area contributed by atoms with E-state index in [-0.39, 0.29) is 0 Å². The highest BCUT2D eigenvalue weighted by Crippen LogP contribution is 2.38. The average Bonchev–Trinajstić information content (AvgIpc) is 3.02. The molecular formula is C14H13N5O2. The van der Waals surface area contributed by atoms with E-state index in [2.05, 4.69) is 25.4 Å². The smallest absolute Gasteiger partial charge is 0.293 e. The topological polar surface area (TPSA) is 89.9 Å². The van der Waals surface area contributed by atoms with Crippen molar-refractivity contribution >= 4 is 5.82 Å². The lowest BCUT2D eigenvalue weighted by Crippen LogP contribution is -2.04. The van der Waals surface area contributed by atoms with Crippen LogP contribution in [0.3, 0.4) is 0 Å². The fourth-order valence-electron chi connectivity index (χ4n) is 2.01. The molecule has 21 heavy (non-hydrogen) atoms. The molecule has 0 atom stereocenters. The Labute approximate surface area is 120 Å². The summed E-state index contributed by atoms with van der Waals surface area (Å²) in [4.78, 5) is 13.0. The van der Waals surface area contributed by atoms with Gasteiger partial charge in [-0.15, -0.1) is 0 Å². The van der Waals surface area contributed by atoms with Gasteiger partial charge in [0.2, 0.25) is 0 Å². The molecule has 0 aliphatic heterocycles. The van der Waals surface area contributed by atoms with Gasteiger partial charge >= 0.3 is 0 Å². The molecule has 0 spiro atoms. The largest absolute Gasteiger partial charge is 0.459 e. The summed E-state index contributed by atoms with van der Waals surface area (Å²) in [6.45, 7) is 0.436. The van der Waals surface area contributed by atoms with Crippen molar-refractivity contribution < 1.29 is 8.94 Å². The monoisotopic (exact) mass is 283 g/mol. The molecule has 3 heterocycles. The maximum Gasteiger partial charge on any atom is 0.293 e. The highest BCUT2D eigenvalue weighted by atomic mass is 16.5. The Morgan fingerprint density at radius 3 is 3.00 bits per heavy atom. The van der Waals surface area contributed by atoms with E-state index in [1.165, 1.54) is 12.8 Å². The Morgan fingerprint density at radius 2 is 2.19 bits per heavy atom. The third-order valence-electron chi connectivity index (χ3n) is 3.24. The van der Waals surface area contributed by atoms with Gasteiger partial charge in [0.1, 0.15) is 11.6 Å². The third-order valence-corrected chi connectivity index (χ3v) is 3.24. The molecule has 1 N–H and O–H groups in total. The van der Waals surface area contributed by atoms with Gasteiger partial charge < -0.3 is 14.3 Å². The summed E-state index contributed by atoms with van der Waals surface area (Å²) in [5.74, 6) is 3.70. The molecule has 1 fully saturated rings. The van der Waals surface area contributed by atoms with Crippen molar-refractivity contribution in [2.75, 3.05) is 5.32 Å². The van der Waals surface area contributed by atoms with Crippen LogP contribution in [0.4, 0.5) is 5.82 Å². The quantitative estimate of drug-likeness (QED) is 0.769. The van der Waals surface area contributed by atoms with E-state index in [1.807, 2.05) is 6.07 Å². The first-order valence-electron chi connectivity index (χ1n) is 6.82. The van der Waals surface area contributed by atoms with Crippen LogP contribution in [0.5, 0.6) is 0 Å². The van der Waals surface area contributed by atoms with Crippen molar-refractivity contribution in [2.45, 2.75) is 25.3 Å². The summed E-state index contributed by atoms with van der Waals surface area (Å²) in [6, 6.07) is 5.38. The third kappa shape index (κ3) is 2.62. The normalized spacial score (nSPS) is 14.3. The molecule has 0 unspecified atom stereocenters. The van der Waals surface area contributed by atoms with E-state index in [0.717, 1.165) is 11.6 Å². The molecule has 0 radical (unpaired) electrons. The highest BCUT2D eigenvalue weighted by Gasteiger charge is 2.26. The van der Waals surface area contributed by atoms with Gasteiger partial charge in [0, 0.05) is 12.1 Å². The van der Waals surface area contributed by atoms with E-state index in [0.29, 0.717) is 29.9 Å². The van der Waals surface area contributed by atoms with E-state index >= 15 is 0 Å². The number of nitrogens with zero attached hydrogens (tertiary/aromatic N) is 4. The van der Waals surface area contributed by atoms with Crippen LogP contribution in [0.1, 0.15) is 30.4 Å². The van der Waals surface area contributed by atoms with Gasteiger partial charge in [0.15, 0.2) is 11.6 Å². The van der Waals surface area contributed by atoms with Crippen molar-refractivity contribution in [3.05, 3.63) is 42.3 Å². The predicted octanol–water partition coefficient (Wildman–Crippen LogP) is 2.61. The Bertz CT molecular complexity index is 733. The lowest BCUT2D eigenvalue weighted by Gasteiger charge is -2.03. The second-order valence-electron chi connectivity index (χ2n) is 4.92. The van der Waals surface area contributed by atoms with E-state index in [1.54, 1.807) is 24.6 Å². The number of aromatic nitrogens is 4. The fraction of sp³-hybridized carbons (Fsp3) is 0.286. The molecule has 0 bridgehead atoms. The van der Waals surface area contributed by atoms with Crippen LogP contribution in [0, 0.1) is 0 Å². The molecule has 7 nitrogen and oxygen atoms in total. The second-order valence-corrected chi connectivity index (χ2v) is 4.92. The first-order valence-corrected chi connectivity index (χ1v) is 6.82. The summed E-state index contributed by atoms with van der Waals surface area (Å²) in [6.07, 6.45) is 5.70. The maximum atomic E-state index is 5.21. The molecule has 1 aliphatic rings. The van der Waals surface area contributed by atoms with E-state index in [4.69, 9.17) is 8.94 Å². The molecule has 1 saturated carbocycles. The first-order chi connectivity index (χ1) is 10.4. The predicted molar refractivity (Wildman–Crippen MR) is 73.3 cm³/mol. The van der Waals surface area contributed by atoms with Gasteiger partial charge in [0.05, 0.1) is 12.8 Å². The second kappa shape index (κ2) is 5.01. The number of rotatable bonds is 5. The Morgan fingerprint density at radius 1 is 1.24 bits per heavy atom. The molecule has 1 aliphatic carbocycles. The molecule has 3 aromatic rings. The Balaban J connectivity index is 1.43. The zero-order valence-corrected chi connectivity index (χ0v) is 11.2. The number of hydrogen-bond donors (Lipinski definition) is 1. The molecule has 0 amide bonds. The summed E-state index contributed by atoms with van der Waals surface area (Å²) in [5, 5.41) is 7.08. The molecule has 0 aromatic carbocycles. The highest BCUT2D eigenvalue weighted by molar-refractivity contribution is 5.43. The van der Waals surface area contributed by atoms with Crippen LogP contribution in [0.25, 0.3) is 11.7 Å². The van der Waals surface area contributed by atoms with E-state index in [9.17, 15) is 0 Å². The number of hydrogen-bond acceptors (Lipinski definition) is 7. The molecule has 106 valence electrons.